The smallest absolute Gasteiger partial charge is 0.214 e. The third-order valence-corrected chi connectivity index (χ3v) is 4.38. The molecule has 1 fully saturated rings. The molecule has 1 heterocycles. The Morgan fingerprint density at radius 3 is 2.62 bits per heavy atom. The summed E-state index contributed by atoms with van der Waals surface area (Å²) in [6, 6.07) is 0.346. The largest absolute Gasteiger partial charge is 0.311 e. The van der Waals surface area contributed by atoms with Crippen LogP contribution >= 0.6 is 0 Å². The number of hydrogen-bond donors (Lipinski definition) is 1. The van der Waals surface area contributed by atoms with Gasteiger partial charge in [-0.1, -0.05) is 0 Å². The van der Waals surface area contributed by atoms with E-state index in [4.69, 9.17) is 0 Å². The summed E-state index contributed by atoms with van der Waals surface area (Å²) in [5, 5.41) is 3.25. The van der Waals surface area contributed by atoms with Crippen molar-refractivity contribution >= 4 is 10.0 Å². The second-order valence-corrected chi connectivity index (χ2v) is 5.84. The van der Waals surface area contributed by atoms with Crippen molar-refractivity contribution in [2.45, 2.75) is 32.9 Å². The summed E-state index contributed by atoms with van der Waals surface area (Å²) in [5.41, 5.74) is 0. The molecule has 13 heavy (non-hydrogen) atoms. The van der Waals surface area contributed by atoms with Crippen LogP contribution in [0.25, 0.3) is 0 Å². The predicted molar refractivity (Wildman–Crippen MR) is 53.1 cm³/mol. The van der Waals surface area contributed by atoms with E-state index in [-0.39, 0.29) is 17.8 Å². The SMILES string of the molecule is CCS(=O)(=O)N1C[C@H](C)NC[C@H]1C. The van der Waals surface area contributed by atoms with E-state index in [0.29, 0.717) is 6.54 Å². The van der Waals surface area contributed by atoms with E-state index in [0.717, 1.165) is 6.54 Å². The van der Waals surface area contributed by atoms with Crippen LogP contribution < -0.4 is 5.32 Å². The first kappa shape index (κ1) is 10.9. The molecule has 4 nitrogen and oxygen atoms in total. The number of nitrogens with one attached hydrogen (secondary N) is 1. The van der Waals surface area contributed by atoms with E-state index in [1.54, 1.807) is 11.2 Å². The summed E-state index contributed by atoms with van der Waals surface area (Å²) in [6.07, 6.45) is 0. The van der Waals surface area contributed by atoms with Crippen molar-refractivity contribution in [3.05, 3.63) is 0 Å². The molecule has 1 aliphatic heterocycles. The molecule has 0 aliphatic carbocycles. The van der Waals surface area contributed by atoms with E-state index in [2.05, 4.69) is 5.32 Å². The van der Waals surface area contributed by atoms with E-state index in [9.17, 15) is 8.42 Å². The summed E-state index contributed by atoms with van der Waals surface area (Å²) < 4.78 is 24.8. The molecule has 0 radical (unpaired) electrons. The van der Waals surface area contributed by atoms with Gasteiger partial charge in [-0.15, -0.1) is 0 Å². The molecule has 78 valence electrons. The van der Waals surface area contributed by atoms with E-state index in [1.807, 2.05) is 13.8 Å². The number of hydrogen-bond acceptors (Lipinski definition) is 3. The monoisotopic (exact) mass is 206 g/mol. The molecular weight excluding hydrogens is 188 g/mol. The van der Waals surface area contributed by atoms with Gasteiger partial charge in [0.2, 0.25) is 10.0 Å². The molecule has 0 spiro atoms. The zero-order valence-corrected chi connectivity index (χ0v) is 9.26. The van der Waals surface area contributed by atoms with Crippen molar-refractivity contribution in [3.63, 3.8) is 0 Å². The predicted octanol–water partition coefficient (Wildman–Crippen LogP) is 0.0183. The average molecular weight is 206 g/mol. The van der Waals surface area contributed by atoms with Crippen LogP contribution in [-0.4, -0.2) is 43.6 Å². The van der Waals surface area contributed by atoms with Crippen LogP contribution in [0.4, 0.5) is 0 Å². The molecule has 0 saturated carbocycles. The number of sulfonamides is 1. The van der Waals surface area contributed by atoms with E-state index >= 15 is 0 Å². The summed E-state index contributed by atoms with van der Waals surface area (Å²) in [5.74, 6) is 0.198. The van der Waals surface area contributed by atoms with Gasteiger partial charge in [-0.25, -0.2) is 8.42 Å². The summed E-state index contributed by atoms with van der Waals surface area (Å²) in [4.78, 5) is 0. The molecule has 0 unspecified atom stereocenters. The standard InChI is InChI=1S/C8H18N2O2S/c1-4-13(11,12)10-6-7(2)9-5-8(10)3/h7-9H,4-6H2,1-3H3/t7-,8+/m0/s1. The Morgan fingerprint density at radius 2 is 2.08 bits per heavy atom. The second-order valence-electron chi connectivity index (χ2n) is 3.63. The van der Waals surface area contributed by atoms with E-state index in [1.165, 1.54) is 0 Å². The Labute approximate surface area is 80.4 Å². The fourth-order valence-corrected chi connectivity index (χ4v) is 2.95. The molecule has 0 aromatic carbocycles. The van der Waals surface area contributed by atoms with Crippen LogP contribution in [0.15, 0.2) is 0 Å². The van der Waals surface area contributed by atoms with Gasteiger partial charge in [0.15, 0.2) is 0 Å². The Morgan fingerprint density at radius 1 is 1.46 bits per heavy atom. The van der Waals surface area contributed by atoms with Crippen LogP contribution in [0.2, 0.25) is 0 Å². The third kappa shape index (κ3) is 2.42. The first-order chi connectivity index (χ1) is 5.97. The van der Waals surface area contributed by atoms with Crippen molar-refractivity contribution in [3.8, 4) is 0 Å². The minimum atomic E-state index is -3.01. The topological polar surface area (TPSA) is 49.4 Å². The third-order valence-electron chi connectivity index (χ3n) is 2.43. The normalized spacial score (nSPS) is 31.9. The van der Waals surface area contributed by atoms with Gasteiger partial charge in [-0.3, -0.25) is 0 Å². The summed E-state index contributed by atoms with van der Waals surface area (Å²) in [6.45, 7) is 6.97. The highest BCUT2D eigenvalue weighted by molar-refractivity contribution is 7.89. The number of nitrogens with zero attached hydrogens (tertiary/aromatic N) is 1. The van der Waals surface area contributed by atoms with Gasteiger partial charge in [-0.2, -0.15) is 4.31 Å². The van der Waals surface area contributed by atoms with Gasteiger partial charge in [0.05, 0.1) is 5.75 Å². The van der Waals surface area contributed by atoms with Crippen molar-refractivity contribution in [2.24, 2.45) is 0 Å². The lowest BCUT2D eigenvalue weighted by Crippen LogP contribution is -2.56. The van der Waals surface area contributed by atoms with Crippen molar-refractivity contribution in [2.75, 3.05) is 18.8 Å². The summed E-state index contributed by atoms with van der Waals surface area (Å²) in [7, 11) is -3.01. The van der Waals surface area contributed by atoms with Crippen LogP contribution in [0.5, 0.6) is 0 Å². The molecule has 1 N–H and O–H groups in total. The highest BCUT2D eigenvalue weighted by atomic mass is 32.2. The Balaban J connectivity index is 2.77. The van der Waals surface area contributed by atoms with Gasteiger partial charge in [0.25, 0.3) is 0 Å². The minimum Gasteiger partial charge on any atom is -0.311 e. The maximum absolute atomic E-state index is 11.6. The Kier molecular flexibility index (Phi) is 3.32. The maximum atomic E-state index is 11.6. The highest BCUT2D eigenvalue weighted by Crippen LogP contribution is 2.12. The van der Waals surface area contributed by atoms with Gasteiger partial charge in [0.1, 0.15) is 0 Å². The molecule has 5 heteroatoms. The first-order valence-electron chi connectivity index (χ1n) is 4.70. The van der Waals surface area contributed by atoms with Crippen molar-refractivity contribution in [1.29, 1.82) is 0 Å². The molecule has 1 saturated heterocycles. The average Bonchev–Trinajstić information content (AvgIpc) is 2.09. The van der Waals surface area contributed by atoms with Crippen LogP contribution in [0.1, 0.15) is 20.8 Å². The number of piperazine rings is 1. The van der Waals surface area contributed by atoms with Gasteiger partial charge in [0, 0.05) is 25.2 Å². The Bertz CT molecular complexity index is 263. The first-order valence-corrected chi connectivity index (χ1v) is 6.31. The van der Waals surface area contributed by atoms with Gasteiger partial charge in [-0.05, 0) is 20.8 Å². The lowest BCUT2D eigenvalue weighted by atomic mass is 10.2. The summed E-state index contributed by atoms with van der Waals surface area (Å²) >= 11 is 0. The lowest BCUT2D eigenvalue weighted by Gasteiger charge is -2.36. The van der Waals surface area contributed by atoms with Crippen molar-refractivity contribution in [1.82, 2.24) is 9.62 Å². The van der Waals surface area contributed by atoms with Crippen molar-refractivity contribution < 1.29 is 8.42 Å². The van der Waals surface area contributed by atoms with E-state index < -0.39 is 10.0 Å². The Hall–Kier alpha value is -0.130. The zero-order valence-electron chi connectivity index (χ0n) is 8.45. The van der Waals surface area contributed by atoms with Crippen LogP contribution in [-0.2, 0) is 10.0 Å². The second kappa shape index (κ2) is 3.94. The zero-order chi connectivity index (χ0) is 10.1. The molecule has 0 amide bonds. The molecule has 2 atom stereocenters. The maximum Gasteiger partial charge on any atom is 0.214 e. The fourth-order valence-electron chi connectivity index (χ4n) is 1.54. The number of rotatable bonds is 2. The minimum absolute atomic E-state index is 0.0844. The lowest BCUT2D eigenvalue weighted by molar-refractivity contribution is 0.245. The van der Waals surface area contributed by atoms with Gasteiger partial charge < -0.3 is 5.32 Å². The molecular formula is C8H18N2O2S. The molecule has 0 aromatic heterocycles. The molecule has 1 aliphatic rings. The highest BCUT2D eigenvalue weighted by Gasteiger charge is 2.30. The molecule has 1 rings (SSSR count). The van der Waals surface area contributed by atoms with Crippen LogP contribution in [0.3, 0.4) is 0 Å². The van der Waals surface area contributed by atoms with Gasteiger partial charge >= 0.3 is 0 Å². The fraction of sp³-hybridized carbons (Fsp3) is 1.00. The molecule has 0 bridgehead atoms. The quantitative estimate of drug-likeness (QED) is 0.693. The van der Waals surface area contributed by atoms with Crippen LogP contribution in [0, 0.1) is 0 Å². The molecule has 0 aromatic rings.